The number of carbonyl (C=O) groups excluding carboxylic acids is 2. The molecule has 9 nitrogen and oxygen atoms in total. The Labute approximate surface area is 175 Å². The molecule has 160 valence electrons. The second-order valence-electron chi connectivity index (χ2n) is 7.05. The van der Waals surface area contributed by atoms with Gasteiger partial charge in [0.15, 0.2) is 17.6 Å². The number of hydrogen-bond acceptors (Lipinski definition) is 6. The summed E-state index contributed by atoms with van der Waals surface area (Å²) in [6.07, 6.45) is 0.690. The van der Waals surface area contributed by atoms with Crippen LogP contribution in [0.1, 0.15) is 21.5 Å². The van der Waals surface area contributed by atoms with Gasteiger partial charge in [0, 0.05) is 32.3 Å². The van der Waals surface area contributed by atoms with Gasteiger partial charge in [0.05, 0.1) is 6.54 Å². The van der Waals surface area contributed by atoms with Crippen LogP contribution in [0.2, 0.25) is 0 Å². The second kappa shape index (κ2) is 7.71. The molecule has 3 aromatic rings. The first kappa shape index (κ1) is 20.3. The van der Waals surface area contributed by atoms with Crippen molar-refractivity contribution in [1.29, 1.82) is 0 Å². The lowest BCUT2D eigenvalue weighted by molar-refractivity contribution is -0.128. The molecule has 1 atom stereocenters. The van der Waals surface area contributed by atoms with Crippen molar-refractivity contribution in [3.05, 3.63) is 63.3 Å². The smallest absolute Gasteiger partial charge is 0.268 e. The van der Waals surface area contributed by atoms with Crippen molar-refractivity contribution < 1.29 is 23.8 Å². The average molecular weight is 426 g/mol. The van der Waals surface area contributed by atoms with Crippen LogP contribution in [0, 0.1) is 5.82 Å². The first-order valence-corrected chi connectivity index (χ1v) is 9.47. The first-order chi connectivity index (χ1) is 14.8. The number of hydrogen-bond donors (Lipinski definition) is 3. The normalized spacial score (nSPS) is 14.7. The molecule has 0 radical (unpaired) electrons. The number of aromatic hydroxyl groups is 1. The third kappa shape index (κ3) is 3.35. The fourth-order valence-corrected chi connectivity index (χ4v) is 3.63. The van der Waals surface area contributed by atoms with E-state index in [2.05, 4.69) is 15.6 Å². The van der Waals surface area contributed by atoms with E-state index < -0.39 is 34.8 Å². The van der Waals surface area contributed by atoms with Crippen molar-refractivity contribution in [2.45, 2.75) is 19.1 Å². The largest absolute Gasteiger partial charge is 0.505 e. The van der Waals surface area contributed by atoms with Crippen LogP contribution in [0.25, 0.3) is 11.0 Å². The molecule has 2 amide bonds. The van der Waals surface area contributed by atoms with E-state index in [0.29, 0.717) is 5.56 Å². The van der Waals surface area contributed by atoms with E-state index in [1.807, 2.05) is 0 Å². The molecule has 2 aromatic heterocycles. The van der Waals surface area contributed by atoms with Crippen LogP contribution in [0.4, 0.5) is 4.39 Å². The molecule has 31 heavy (non-hydrogen) atoms. The Morgan fingerprint density at radius 1 is 1.26 bits per heavy atom. The summed E-state index contributed by atoms with van der Waals surface area (Å²) in [4.78, 5) is 41.9. The molecule has 10 heteroatoms. The summed E-state index contributed by atoms with van der Waals surface area (Å²) in [5, 5.41) is 15.4. The zero-order valence-corrected chi connectivity index (χ0v) is 16.7. The highest BCUT2D eigenvalue weighted by molar-refractivity contribution is 6.02. The highest BCUT2D eigenvalue weighted by Gasteiger charge is 2.33. The zero-order valence-electron chi connectivity index (χ0n) is 16.7. The van der Waals surface area contributed by atoms with Crippen molar-refractivity contribution >= 4 is 22.8 Å². The molecule has 3 N–H and O–H groups in total. The quantitative estimate of drug-likeness (QED) is 0.565. The van der Waals surface area contributed by atoms with Crippen LogP contribution in [-0.2, 0) is 17.8 Å². The number of aromatic nitrogens is 2. The highest BCUT2D eigenvalue weighted by atomic mass is 19.1. The Morgan fingerprint density at radius 2 is 1.97 bits per heavy atom. The second-order valence-corrected chi connectivity index (χ2v) is 7.05. The van der Waals surface area contributed by atoms with Crippen LogP contribution in [0.15, 0.2) is 35.3 Å². The fourth-order valence-electron chi connectivity index (χ4n) is 3.63. The van der Waals surface area contributed by atoms with Crippen molar-refractivity contribution in [3.8, 4) is 11.5 Å². The number of nitrogens with one attached hydrogen (secondary N) is 2. The van der Waals surface area contributed by atoms with E-state index in [0.717, 1.165) is 5.56 Å². The number of likely N-dealkylation sites (N-methyl/N-ethyl adjacent to an activating group) is 1. The minimum absolute atomic E-state index is 0.00594. The van der Waals surface area contributed by atoms with Gasteiger partial charge in [-0.25, -0.2) is 4.39 Å². The summed E-state index contributed by atoms with van der Waals surface area (Å²) in [6.45, 7) is -0.159. The molecular formula is C21H19FN4O5. The van der Waals surface area contributed by atoms with Crippen LogP contribution in [0.5, 0.6) is 11.5 Å². The van der Waals surface area contributed by atoms with Gasteiger partial charge >= 0.3 is 0 Å². The Hall–Kier alpha value is -3.95. The van der Waals surface area contributed by atoms with Gasteiger partial charge in [-0.2, -0.15) is 0 Å². The number of rotatable bonds is 4. The summed E-state index contributed by atoms with van der Waals surface area (Å²) in [5.41, 5.74) is 0.264. The van der Waals surface area contributed by atoms with E-state index >= 15 is 0 Å². The molecule has 0 bridgehead atoms. The van der Waals surface area contributed by atoms with Crippen LogP contribution < -0.4 is 20.9 Å². The summed E-state index contributed by atoms with van der Waals surface area (Å²) >= 11 is 0. The minimum atomic E-state index is -1.03. The topological polar surface area (TPSA) is 123 Å². The molecule has 1 aliphatic rings. The Morgan fingerprint density at radius 3 is 2.61 bits per heavy atom. The van der Waals surface area contributed by atoms with Crippen molar-refractivity contribution in [2.75, 3.05) is 14.1 Å². The van der Waals surface area contributed by atoms with Crippen LogP contribution >= 0.6 is 0 Å². The number of pyridine rings is 2. The lowest BCUT2D eigenvalue weighted by atomic mass is 10.0. The number of benzene rings is 1. The lowest BCUT2D eigenvalue weighted by Gasteiger charge is -2.28. The van der Waals surface area contributed by atoms with E-state index in [1.54, 1.807) is 12.1 Å². The predicted octanol–water partition coefficient (Wildman–Crippen LogP) is 0.699. The highest BCUT2D eigenvalue weighted by Crippen LogP contribution is 2.37. The summed E-state index contributed by atoms with van der Waals surface area (Å²) in [5.74, 6) is -1.96. The maximum absolute atomic E-state index is 13.3. The molecule has 0 spiro atoms. The SMILES string of the molecule is CNC(=O)c1c(O)c2ncc(Cc3ccc(F)cc3)c3c2n(c1=O)C[C@H](C(=O)NC)O3. The first-order valence-electron chi connectivity index (χ1n) is 9.47. The maximum atomic E-state index is 13.3. The standard InChI is InChI=1S/C21H19FN4O5/c1-23-19(28)13-9-26-16-15(17(27)14(21(26)30)20(29)24-2)25-8-11(18(16)31-13)7-10-3-5-12(22)6-4-10/h3-6,8,13,27H,7,9H2,1-2H3,(H,23,28)(H,24,29)/t13-/m1/s1. The van der Waals surface area contributed by atoms with E-state index in [9.17, 15) is 23.9 Å². The molecule has 0 fully saturated rings. The van der Waals surface area contributed by atoms with Crippen molar-refractivity contribution in [3.63, 3.8) is 0 Å². The number of nitrogens with zero attached hydrogens (tertiary/aromatic N) is 2. The molecule has 0 saturated carbocycles. The third-order valence-corrected chi connectivity index (χ3v) is 5.18. The van der Waals surface area contributed by atoms with Gasteiger partial charge in [-0.3, -0.25) is 23.9 Å². The Kier molecular flexibility index (Phi) is 5.05. The molecule has 4 rings (SSSR count). The summed E-state index contributed by atoms with van der Waals surface area (Å²) in [7, 11) is 2.78. The number of ether oxygens (including phenoxy) is 1. The van der Waals surface area contributed by atoms with Crippen LogP contribution in [-0.4, -0.2) is 46.7 Å². The van der Waals surface area contributed by atoms with Gasteiger partial charge in [0.25, 0.3) is 17.4 Å². The zero-order chi connectivity index (χ0) is 22.3. The van der Waals surface area contributed by atoms with Gasteiger partial charge in [-0.15, -0.1) is 0 Å². The summed E-state index contributed by atoms with van der Waals surface area (Å²) < 4.78 is 20.4. The van der Waals surface area contributed by atoms with Crippen molar-refractivity contribution in [2.24, 2.45) is 0 Å². The average Bonchev–Trinajstić information content (AvgIpc) is 2.78. The van der Waals surface area contributed by atoms with Gasteiger partial charge in [0.1, 0.15) is 22.4 Å². The Balaban J connectivity index is 1.97. The van der Waals surface area contributed by atoms with Gasteiger partial charge in [0.2, 0.25) is 0 Å². The molecule has 0 aliphatic carbocycles. The molecule has 1 aliphatic heterocycles. The number of halogens is 1. The minimum Gasteiger partial charge on any atom is -0.505 e. The Bertz CT molecular complexity index is 1270. The van der Waals surface area contributed by atoms with E-state index in [-0.39, 0.29) is 35.6 Å². The van der Waals surface area contributed by atoms with Gasteiger partial charge in [-0.05, 0) is 17.7 Å². The third-order valence-electron chi connectivity index (χ3n) is 5.18. The maximum Gasteiger partial charge on any atom is 0.268 e. The van der Waals surface area contributed by atoms with Crippen molar-refractivity contribution in [1.82, 2.24) is 20.2 Å². The molecule has 0 unspecified atom stereocenters. The van der Waals surface area contributed by atoms with Crippen LogP contribution in [0.3, 0.4) is 0 Å². The lowest BCUT2D eigenvalue weighted by Crippen LogP contribution is -2.45. The predicted molar refractivity (Wildman–Crippen MR) is 109 cm³/mol. The molecular weight excluding hydrogens is 407 g/mol. The molecule has 1 aromatic carbocycles. The monoisotopic (exact) mass is 426 g/mol. The molecule has 3 heterocycles. The van der Waals surface area contributed by atoms with Gasteiger partial charge < -0.3 is 20.5 Å². The number of carbonyl (C=O) groups is 2. The summed E-state index contributed by atoms with van der Waals surface area (Å²) in [6, 6.07) is 5.84. The van der Waals surface area contributed by atoms with E-state index in [4.69, 9.17) is 4.74 Å². The fraction of sp³-hybridized carbons (Fsp3) is 0.238. The van der Waals surface area contributed by atoms with Gasteiger partial charge in [-0.1, -0.05) is 12.1 Å². The number of amides is 2. The molecule has 0 saturated heterocycles. The van der Waals surface area contributed by atoms with E-state index in [1.165, 1.54) is 37.0 Å².